The predicted molar refractivity (Wildman–Crippen MR) is 131 cm³/mol. The van der Waals surface area contributed by atoms with Crippen LogP contribution in [0, 0.1) is 0 Å². The molecule has 2 N–H and O–H groups in total. The zero-order valence-electron chi connectivity index (χ0n) is 19.8. The highest BCUT2D eigenvalue weighted by Gasteiger charge is 2.37. The van der Waals surface area contributed by atoms with Gasteiger partial charge in [0.05, 0.1) is 6.10 Å². The number of benzene rings is 2. The summed E-state index contributed by atoms with van der Waals surface area (Å²) < 4.78 is 11.4. The minimum atomic E-state index is -0.00607. The summed E-state index contributed by atoms with van der Waals surface area (Å²) in [6.07, 6.45) is 6.59. The van der Waals surface area contributed by atoms with Crippen LogP contribution in [0.25, 0.3) is 0 Å². The molecule has 180 valence electrons. The number of fused-ring (bicyclic) bond motifs is 3. The first-order valence-electron chi connectivity index (χ1n) is 12.9. The van der Waals surface area contributed by atoms with Crippen molar-refractivity contribution in [3.8, 4) is 5.75 Å². The van der Waals surface area contributed by atoms with Gasteiger partial charge >= 0.3 is 0 Å². The smallest absolute Gasteiger partial charge is 0.251 e. The van der Waals surface area contributed by atoms with Gasteiger partial charge in [0.2, 0.25) is 0 Å². The molecule has 0 spiro atoms. The predicted octanol–water partition coefficient (Wildman–Crippen LogP) is 3.08. The second-order valence-electron chi connectivity index (χ2n) is 10.4. The second kappa shape index (κ2) is 9.68. The van der Waals surface area contributed by atoms with Gasteiger partial charge in [0, 0.05) is 49.9 Å². The van der Waals surface area contributed by atoms with Gasteiger partial charge in [-0.25, -0.2) is 0 Å². The van der Waals surface area contributed by atoms with Gasteiger partial charge in [0.1, 0.15) is 12.4 Å². The summed E-state index contributed by atoms with van der Waals surface area (Å²) in [4.78, 5) is 15.5. The van der Waals surface area contributed by atoms with Crippen molar-refractivity contribution in [3.05, 3.63) is 64.7 Å². The molecule has 3 heterocycles. The van der Waals surface area contributed by atoms with Crippen LogP contribution in [-0.2, 0) is 24.1 Å². The SMILES string of the molecule is O=C(N[C@H]1CCc2cc(CN3C[C@@H]4C[C@H]3CN4)ccc2C1)c1ccc(OC[C@@H]2CCCO2)cc1. The molecule has 1 amide bonds. The van der Waals surface area contributed by atoms with Crippen LogP contribution in [0.2, 0.25) is 0 Å². The maximum Gasteiger partial charge on any atom is 0.251 e. The lowest BCUT2D eigenvalue weighted by atomic mass is 9.87. The van der Waals surface area contributed by atoms with E-state index in [4.69, 9.17) is 9.47 Å². The van der Waals surface area contributed by atoms with Crippen LogP contribution in [0.4, 0.5) is 0 Å². The first-order valence-corrected chi connectivity index (χ1v) is 12.9. The maximum absolute atomic E-state index is 12.8. The van der Waals surface area contributed by atoms with Gasteiger partial charge in [-0.15, -0.1) is 0 Å². The molecule has 6 rings (SSSR count). The van der Waals surface area contributed by atoms with Crippen molar-refractivity contribution in [2.45, 2.75) is 69.3 Å². The summed E-state index contributed by atoms with van der Waals surface area (Å²) in [6, 6.07) is 16.0. The minimum Gasteiger partial charge on any atom is -0.491 e. The topological polar surface area (TPSA) is 62.8 Å². The zero-order valence-corrected chi connectivity index (χ0v) is 19.8. The number of piperazine rings is 1. The van der Waals surface area contributed by atoms with Crippen LogP contribution >= 0.6 is 0 Å². The molecule has 4 atom stereocenters. The third-order valence-corrected chi connectivity index (χ3v) is 7.97. The fourth-order valence-electron chi connectivity index (χ4n) is 6.04. The number of hydrogen-bond donors (Lipinski definition) is 2. The average molecular weight is 462 g/mol. The lowest BCUT2D eigenvalue weighted by molar-refractivity contribution is 0.0679. The standard InChI is InChI=1S/C28H35N3O3/c32-28(20-6-9-26(10-7-20)34-18-27-2-1-11-33-27)30-23-8-5-21-12-19(3-4-22(21)13-23)16-31-17-24-14-25(31)15-29-24/h3-4,6-7,9-10,12,23-25,27,29H,1-2,5,8,11,13-18H2,(H,30,32)/t23-,24-,25-,27-/m0/s1. The molecular weight excluding hydrogens is 426 g/mol. The number of rotatable bonds is 7. The Hall–Kier alpha value is -2.41. The molecule has 0 aromatic heterocycles. The summed E-state index contributed by atoms with van der Waals surface area (Å²) in [5.74, 6) is 0.779. The van der Waals surface area contributed by atoms with Gasteiger partial charge in [0.15, 0.2) is 0 Å². The highest BCUT2D eigenvalue weighted by molar-refractivity contribution is 5.94. The molecule has 1 aliphatic carbocycles. The zero-order chi connectivity index (χ0) is 22.9. The number of aryl methyl sites for hydroxylation is 1. The third kappa shape index (κ3) is 4.85. The van der Waals surface area contributed by atoms with E-state index >= 15 is 0 Å². The number of nitrogens with zero attached hydrogens (tertiary/aromatic N) is 1. The average Bonchev–Trinajstić information content (AvgIpc) is 3.62. The van der Waals surface area contributed by atoms with Gasteiger partial charge in [-0.2, -0.15) is 0 Å². The van der Waals surface area contributed by atoms with E-state index < -0.39 is 0 Å². The van der Waals surface area contributed by atoms with Crippen LogP contribution in [0.1, 0.15) is 52.7 Å². The van der Waals surface area contributed by atoms with E-state index in [0.29, 0.717) is 24.3 Å². The molecule has 0 saturated carbocycles. The summed E-state index contributed by atoms with van der Waals surface area (Å²) in [5.41, 5.74) is 4.94. The van der Waals surface area contributed by atoms with Crippen molar-refractivity contribution in [3.63, 3.8) is 0 Å². The van der Waals surface area contributed by atoms with E-state index in [9.17, 15) is 4.79 Å². The van der Waals surface area contributed by atoms with Gasteiger partial charge in [0.25, 0.3) is 5.91 Å². The molecule has 3 fully saturated rings. The van der Waals surface area contributed by atoms with Crippen molar-refractivity contribution < 1.29 is 14.3 Å². The van der Waals surface area contributed by atoms with Gasteiger partial charge in [-0.1, -0.05) is 18.2 Å². The number of carbonyl (C=O) groups excluding carboxylic acids is 1. The fraction of sp³-hybridized carbons (Fsp3) is 0.536. The Morgan fingerprint density at radius 2 is 2.06 bits per heavy atom. The Morgan fingerprint density at radius 3 is 2.82 bits per heavy atom. The largest absolute Gasteiger partial charge is 0.491 e. The number of likely N-dealkylation sites (tertiary alicyclic amines) is 1. The fourth-order valence-corrected chi connectivity index (χ4v) is 6.04. The Bertz CT molecular complexity index is 1020. The Morgan fingerprint density at radius 1 is 1.15 bits per heavy atom. The highest BCUT2D eigenvalue weighted by Crippen LogP contribution is 2.28. The summed E-state index contributed by atoms with van der Waals surface area (Å²) in [7, 11) is 0. The highest BCUT2D eigenvalue weighted by atomic mass is 16.5. The molecule has 3 aliphatic heterocycles. The molecule has 6 heteroatoms. The van der Waals surface area contributed by atoms with Crippen LogP contribution in [-0.4, -0.2) is 61.3 Å². The lowest BCUT2D eigenvalue weighted by Crippen LogP contribution is -2.43. The van der Waals surface area contributed by atoms with E-state index in [0.717, 1.165) is 57.6 Å². The molecule has 34 heavy (non-hydrogen) atoms. The van der Waals surface area contributed by atoms with Gasteiger partial charge in [-0.05, 0) is 79.5 Å². The number of carbonyl (C=O) groups is 1. The molecule has 6 nitrogen and oxygen atoms in total. The molecule has 2 bridgehead atoms. The Labute approximate surface area is 202 Å². The minimum absolute atomic E-state index is 0.00607. The van der Waals surface area contributed by atoms with Crippen molar-refractivity contribution in [2.75, 3.05) is 26.3 Å². The van der Waals surface area contributed by atoms with Gasteiger partial charge in [-0.3, -0.25) is 9.69 Å². The molecule has 0 radical (unpaired) electrons. The van der Waals surface area contributed by atoms with Crippen molar-refractivity contribution in [2.24, 2.45) is 0 Å². The second-order valence-corrected chi connectivity index (χ2v) is 10.4. The van der Waals surface area contributed by atoms with Crippen LogP contribution in [0.5, 0.6) is 5.75 Å². The van der Waals surface area contributed by atoms with Crippen molar-refractivity contribution >= 4 is 5.91 Å². The van der Waals surface area contributed by atoms with E-state index in [-0.39, 0.29) is 18.1 Å². The number of nitrogens with one attached hydrogen (secondary N) is 2. The molecule has 4 aliphatic rings. The first kappa shape index (κ1) is 22.1. The Kier molecular flexibility index (Phi) is 6.29. The normalized spacial score (nSPS) is 28.1. The van der Waals surface area contributed by atoms with E-state index in [1.165, 1.54) is 29.7 Å². The maximum atomic E-state index is 12.8. The van der Waals surface area contributed by atoms with Crippen molar-refractivity contribution in [1.29, 1.82) is 0 Å². The third-order valence-electron chi connectivity index (χ3n) is 7.97. The summed E-state index contributed by atoms with van der Waals surface area (Å²) in [6.45, 7) is 4.78. The van der Waals surface area contributed by atoms with Crippen LogP contribution in [0.3, 0.4) is 0 Å². The first-order chi connectivity index (χ1) is 16.7. The van der Waals surface area contributed by atoms with Crippen molar-refractivity contribution in [1.82, 2.24) is 15.5 Å². The number of amides is 1. The quantitative estimate of drug-likeness (QED) is 0.664. The van der Waals surface area contributed by atoms with Crippen LogP contribution < -0.4 is 15.4 Å². The summed E-state index contributed by atoms with van der Waals surface area (Å²) >= 11 is 0. The van der Waals surface area contributed by atoms with Gasteiger partial charge < -0.3 is 20.1 Å². The molecular formula is C28H35N3O3. The number of hydrogen-bond acceptors (Lipinski definition) is 5. The molecule has 0 unspecified atom stereocenters. The number of ether oxygens (including phenoxy) is 2. The van der Waals surface area contributed by atoms with E-state index in [1.807, 2.05) is 24.3 Å². The lowest BCUT2D eigenvalue weighted by Gasteiger charge is -2.29. The van der Waals surface area contributed by atoms with E-state index in [2.05, 4.69) is 33.7 Å². The Balaban J connectivity index is 1.01. The van der Waals surface area contributed by atoms with Crippen LogP contribution in [0.15, 0.2) is 42.5 Å². The molecule has 2 aromatic rings. The monoisotopic (exact) mass is 461 g/mol. The molecule has 3 saturated heterocycles. The molecule has 2 aromatic carbocycles. The summed E-state index contributed by atoms with van der Waals surface area (Å²) in [5, 5.41) is 6.83. The van der Waals surface area contributed by atoms with E-state index in [1.54, 1.807) is 0 Å².